The van der Waals surface area contributed by atoms with Crippen molar-refractivity contribution >= 4 is 99.5 Å². The Morgan fingerprint density at radius 2 is 0.881 bits per heavy atom. The molecule has 6 aliphatic heterocycles. The van der Waals surface area contributed by atoms with Gasteiger partial charge in [-0.25, -0.2) is 71.3 Å². The fourth-order valence-corrected chi connectivity index (χ4v) is 16.9. The van der Waals surface area contributed by atoms with Gasteiger partial charge in [-0.15, -0.1) is 0 Å². The minimum absolute atomic E-state index is 0.0129. The van der Waals surface area contributed by atoms with Gasteiger partial charge in [0.15, 0.2) is 74.4 Å². The van der Waals surface area contributed by atoms with Crippen molar-refractivity contribution in [2.24, 2.45) is 0 Å². The van der Waals surface area contributed by atoms with E-state index in [0.29, 0.717) is 19.7 Å². The molecule has 0 amide bonds. The summed E-state index contributed by atoms with van der Waals surface area (Å²) in [6.07, 6.45) is -21.6. The number of hydrogen-bond donors (Lipinski definition) is 17. The molecule has 25 atom stereocenters. The number of halogens is 7. The molecule has 9 aromatic rings. The van der Waals surface area contributed by atoms with Crippen LogP contribution in [0.3, 0.4) is 0 Å². The second-order valence-corrected chi connectivity index (χ2v) is 33.6. The molecule has 51 nitrogen and oxygen atoms in total. The van der Waals surface area contributed by atoms with Gasteiger partial charge in [-0.05, 0) is 94.4 Å². The molecule has 790 valence electrons. The number of nitrogens with two attached hydrogens (primary N) is 3. The van der Waals surface area contributed by atoms with Gasteiger partial charge in [0.05, 0.1) is 62.1 Å². The van der Waals surface area contributed by atoms with Gasteiger partial charge in [0.25, 0.3) is 0 Å². The lowest BCUT2D eigenvalue weighted by molar-refractivity contribution is -0.135. The average Bonchev–Trinajstić information content (AvgIpc) is 1.61. The summed E-state index contributed by atoms with van der Waals surface area (Å²) in [5, 5.41) is 91.8. The van der Waals surface area contributed by atoms with E-state index in [2.05, 4.69) is 80.6 Å². The standard InChI is InChI=1S/C21H29FN5O4P.C13H16FN3O6.C12H12FN3O5.C12H12FN3O4.C9H11FIN3O4.C9H12FN3O4.C4H6O2.2CH4O.2CH4/c1-12(2)27(13(3)4)32(30-10-9-23-6)18-14(5)31-20(17(18)22)26-11-15-7-8-16(28)24-19(15)25-21(26)29;1-22-8(19)3-2-6-4-17(13(21)16-11(6)15)12-9(14)10(20)7(5-18)23-12;13-8-9(19)6(4-17)21-11(8)16-3-5-1-2-7(18)14-10(5)15-12(16)20;1-5-9(18)8(13)11(20-5)16-4-6-2-3-7(17)14-10(6)15-12(16)19;10-5-6(16)4(2-15)18-8(5)14-1-3(11)7(12)13-9(14)17;10-6-7(15)4(3-14)17-8(6)13-2-1-5(11)12-9(13)16;1-3-4(5)6-2;2*1-2;;/h7-8,11-14,17-18,20H,9-10H2,1-5H3,(H,24,25,28,29);2-4,7,9-10,12,18,20H,5H2,1H3,(H2,15,16,21);1-3,6,8-9,11,17,19H,4H2,(H,14,15,18,20);2-5,8-9,11,18H,1H3,(H,14,15,17,19);1,4-6,8,15-16H,2H2,(H2,12,13,17);1-2,4,6-8,14-15H,3H2,(H2,11,12,16);3H,1H2,2H3;2*2H,1H3;2*1H4/b;3-2+;;;;;;;;;/i5D;;;1D;;;;2*2T;1T;1D. The van der Waals surface area contributed by atoms with Gasteiger partial charge in [0.2, 0.25) is 26.1 Å². The first kappa shape index (κ1) is 112. The zero-order valence-electron chi connectivity index (χ0n) is 83.7. The summed E-state index contributed by atoms with van der Waals surface area (Å²) in [6, 6.07) is 9.54. The Hall–Kier alpha value is -11.8. The molecule has 0 saturated carbocycles. The number of anilines is 3. The highest BCUT2D eigenvalue weighted by Gasteiger charge is 2.54. The number of carbonyl (C=O) groups is 2. The molecule has 6 aliphatic rings. The van der Waals surface area contributed by atoms with E-state index in [1.807, 2.05) is 50.3 Å². The molecule has 6 fully saturated rings. The maximum Gasteiger partial charge on any atom is 0.351 e. The zero-order valence-corrected chi connectivity index (χ0v) is 80.8. The number of nitrogens with one attached hydrogen (secondary N) is 3. The quantitative estimate of drug-likeness (QED) is 0.00770. The monoisotopic (exact) mass is 2180 g/mol. The predicted molar refractivity (Wildman–Crippen MR) is 507 cm³/mol. The summed E-state index contributed by atoms with van der Waals surface area (Å²) >= 11 is 1.84. The van der Waals surface area contributed by atoms with Gasteiger partial charge in [0, 0.05) is 121 Å². The molecule has 59 heteroatoms. The van der Waals surface area contributed by atoms with E-state index in [0.717, 1.165) is 45.8 Å². The van der Waals surface area contributed by atoms with Crippen LogP contribution < -0.4 is 68.0 Å². The lowest BCUT2D eigenvalue weighted by Gasteiger charge is -2.40. The summed E-state index contributed by atoms with van der Waals surface area (Å²) in [5.74, 6) is -1.16. The van der Waals surface area contributed by atoms with E-state index in [9.17, 15) is 100 Å². The number of alkyl halides is 6. The normalized spacial score (nSPS) is 27.1. The number of esters is 2. The maximum atomic E-state index is 16.1. The number of H-pyrrole nitrogens is 3. The molecule has 0 bridgehead atoms. The molecular weight excluding hydrogens is 2060 g/mol. The van der Waals surface area contributed by atoms with E-state index in [1.165, 1.54) is 123 Å². The fraction of sp³-hybridized carbons (Fsp3) is 0.524. The van der Waals surface area contributed by atoms with Crippen LogP contribution in [0, 0.1) is 10.1 Å². The summed E-state index contributed by atoms with van der Waals surface area (Å²) in [6.45, 7) is 15.7. The average molecular weight is 2180 g/mol. The second kappa shape index (κ2) is 55.9. The van der Waals surface area contributed by atoms with Crippen molar-refractivity contribution in [3.05, 3.63) is 213 Å². The number of aliphatic hydroxyl groups is 11. The van der Waals surface area contributed by atoms with Gasteiger partial charge in [-0.3, -0.25) is 46.5 Å². The van der Waals surface area contributed by atoms with Crippen LogP contribution in [0.2, 0.25) is 0 Å². The third-order valence-electron chi connectivity index (χ3n) is 20.8. The smallest absolute Gasteiger partial charge is 0.351 e. The van der Waals surface area contributed by atoms with Gasteiger partial charge in [-0.2, -0.15) is 29.9 Å². The number of ether oxygens (including phenoxy) is 8. The molecule has 25 unspecified atom stereocenters. The van der Waals surface area contributed by atoms with Crippen molar-refractivity contribution in [2.75, 3.05) is 85.2 Å². The number of hydrogen-bond acceptors (Lipinski definition) is 41. The first-order chi connectivity index (χ1) is 70.7. The van der Waals surface area contributed by atoms with Gasteiger partial charge in [-0.1, -0.05) is 21.4 Å². The number of aromatic nitrogens is 15. The Labute approximate surface area is 829 Å². The predicted octanol–water partition coefficient (Wildman–Crippen LogP) is -1.68. The van der Waals surface area contributed by atoms with Crippen LogP contribution >= 0.6 is 30.9 Å². The molecule has 0 aliphatic carbocycles. The highest BCUT2D eigenvalue weighted by Crippen LogP contribution is 2.57. The van der Waals surface area contributed by atoms with Crippen molar-refractivity contribution in [2.45, 2.75) is 216 Å². The fourth-order valence-electron chi connectivity index (χ4n) is 14.0. The minimum atomic E-state index is -1.94. The van der Waals surface area contributed by atoms with Crippen LogP contribution in [0.1, 0.15) is 105 Å². The van der Waals surface area contributed by atoms with Crippen LogP contribution in [0.25, 0.3) is 44.0 Å². The third kappa shape index (κ3) is 29.7. The highest BCUT2D eigenvalue weighted by atomic mass is 127. The first-order valence-corrected chi connectivity index (χ1v) is 43.9. The molecule has 6 saturated heterocycles. The van der Waals surface area contributed by atoms with Crippen LogP contribution in [0.15, 0.2) is 142 Å². The Bertz CT molecular complexity index is 6360. The Morgan fingerprint density at radius 3 is 1.22 bits per heavy atom. The molecule has 0 spiro atoms. The van der Waals surface area contributed by atoms with Gasteiger partial charge >= 0.3 is 46.1 Å². The van der Waals surface area contributed by atoms with E-state index in [1.54, 1.807) is 0 Å². The first-order valence-electron chi connectivity index (χ1n) is 45.8. The summed E-state index contributed by atoms with van der Waals surface area (Å²) in [4.78, 5) is 159. The van der Waals surface area contributed by atoms with Crippen molar-refractivity contribution in [3.63, 3.8) is 0 Å². The van der Waals surface area contributed by atoms with E-state index in [4.69, 9.17) is 85.5 Å². The number of nitrogen functional groups attached to an aromatic ring is 3. The molecule has 15 heterocycles. The molecule has 0 aromatic carbocycles. The second-order valence-electron chi connectivity index (χ2n) is 30.5. The summed E-state index contributed by atoms with van der Waals surface area (Å²) < 4.78 is 178. The van der Waals surface area contributed by atoms with Crippen LogP contribution in [-0.4, -0.2) is 338 Å². The number of rotatable bonds is 20. The van der Waals surface area contributed by atoms with E-state index < -0.39 is 245 Å². The lowest BCUT2D eigenvalue weighted by atomic mass is 10.1. The summed E-state index contributed by atoms with van der Waals surface area (Å²) in [7, 11) is 6.00. The molecule has 0 radical (unpaired) electrons. The number of pyridine rings is 3. The minimum Gasteiger partial charge on any atom is -0.466 e. The molecule has 15 rings (SSSR count). The van der Waals surface area contributed by atoms with Crippen molar-refractivity contribution in [1.82, 2.24) is 76.9 Å². The van der Waals surface area contributed by atoms with Crippen molar-refractivity contribution in [3.8, 4) is 0 Å². The number of nitrogens with zero attached hydrogens (tertiary/aromatic N) is 14. The number of methoxy groups -OCH3 is 2. The number of aliphatic hydroxyl groups excluding tert-OH is 11. The van der Waals surface area contributed by atoms with Crippen LogP contribution in [0.5, 0.6) is 0 Å². The van der Waals surface area contributed by atoms with Crippen LogP contribution in [0.4, 0.5) is 43.8 Å². The van der Waals surface area contributed by atoms with E-state index >= 15 is 4.39 Å². The molecule has 9 aromatic heterocycles. The van der Waals surface area contributed by atoms with E-state index in [-0.39, 0.29) is 79.0 Å². The number of aromatic amines is 3. The SMILES string of the molecule is C=CC(=O)OC.COC(=O)/C=C/c1cn(C2OC(CO)C(O)C2F)c(=O)nc1N.Nc1ccn(C2OC(CO)C(O)C2F)c(=O)n1.Nc1nc(=O)n(C2OC(CO)C(O)C2F)cc1I.O=c1ccc2cn(C3OC(CO)C(O)C3F)c(=O)nc2[nH]1.[2H]C.[2H]CC1OC(n2cc3ccc(=O)[nH]c3nc2=O)C(F)C1O.[2H]CC1OC(n2cc3ccc(=O)[nH]c3nc2=O)C(F)C1P(OCC[N+]#[C-])N(C(C)C)C(C)C.[3H]C.[3H]OC.[3H]OC. The summed E-state index contributed by atoms with van der Waals surface area (Å²) in [5.41, 5.74) is 9.92. The molecule has 143 heavy (non-hydrogen) atoms. The largest absolute Gasteiger partial charge is 0.466 e. The van der Waals surface area contributed by atoms with Gasteiger partial charge < -0.3 is 136 Å². The Kier molecular flexibility index (Phi) is 43.6. The topological polar surface area (TPSA) is 733 Å². The van der Waals surface area contributed by atoms with Gasteiger partial charge in [0.1, 0.15) is 104 Å². The Balaban J connectivity index is 0.000000308. The molecule has 20 N–H and O–H groups in total. The highest BCUT2D eigenvalue weighted by molar-refractivity contribution is 14.1. The molecular formula is C84H114F6IN20O31P. The van der Waals surface area contributed by atoms with Crippen molar-refractivity contribution < 1.29 is 140 Å². The Morgan fingerprint density at radius 1 is 0.545 bits per heavy atom. The third-order valence-corrected chi connectivity index (χ3v) is 24.6. The van der Waals surface area contributed by atoms with Crippen LogP contribution in [-0.2, 0) is 52.0 Å². The maximum absolute atomic E-state index is 16.1. The van der Waals surface area contributed by atoms with Crippen molar-refractivity contribution in [1.29, 1.82) is 2.86 Å². The number of carbonyl (C=O) groups excluding carboxylic acids is 2. The number of fused-ring (bicyclic) bond motifs is 3. The zero-order chi connectivity index (χ0) is 112. The lowest BCUT2D eigenvalue weighted by Crippen LogP contribution is -2.40.